The molecule has 0 unspecified atom stereocenters. The molecule has 150 valence electrons. The van der Waals surface area contributed by atoms with Crippen LogP contribution in [0.15, 0.2) is 53.9 Å². The van der Waals surface area contributed by atoms with Crippen LogP contribution in [0, 0.1) is 6.92 Å². The number of piperidine rings is 1. The van der Waals surface area contributed by atoms with Crippen LogP contribution >= 0.6 is 0 Å². The van der Waals surface area contributed by atoms with Crippen molar-refractivity contribution >= 4 is 17.5 Å². The minimum absolute atomic E-state index is 0.0119. The Labute approximate surface area is 169 Å². The Bertz CT molecular complexity index is 927. The number of nitrogens with zero attached hydrogens (tertiary/aromatic N) is 3. The molecule has 1 saturated heterocycles. The van der Waals surface area contributed by atoms with Crippen molar-refractivity contribution in [1.29, 1.82) is 0 Å². The molecule has 1 atom stereocenters. The van der Waals surface area contributed by atoms with E-state index >= 15 is 0 Å². The largest absolute Gasteiger partial charge is 0.386 e. The van der Waals surface area contributed by atoms with Gasteiger partial charge in [0.25, 0.3) is 11.8 Å². The van der Waals surface area contributed by atoms with Crippen molar-refractivity contribution in [3.05, 3.63) is 65.5 Å². The molecule has 2 aliphatic heterocycles. The molecule has 1 spiro atoms. The summed E-state index contributed by atoms with van der Waals surface area (Å²) in [4.78, 5) is 36.9. The fourth-order valence-electron chi connectivity index (χ4n) is 3.80. The number of oxime groups is 1. The first kappa shape index (κ1) is 19.1. The van der Waals surface area contributed by atoms with Crippen LogP contribution in [-0.4, -0.2) is 46.1 Å². The van der Waals surface area contributed by atoms with Crippen molar-refractivity contribution in [2.24, 2.45) is 5.16 Å². The molecule has 0 bridgehead atoms. The van der Waals surface area contributed by atoms with Gasteiger partial charge in [-0.3, -0.25) is 14.6 Å². The number of hydrogen-bond acceptors (Lipinski definition) is 5. The summed E-state index contributed by atoms with van der Waals surface area (Å²) in [5, 5.41) is 6.91. The van der Waals surface area contributed by atoms with Gasteiger partial charge >= 0.3 is 0 Å². The topological polar surface area (TPSA) is 83.9 Å². The van der Waals surface area contributed by atoms with Crippen molar-refractivity contribution in [2.75, 3.05) is 13.1 Å². The van der Waals surface area contributed by atoms with Crippen LogP contribution in [0.2, 0.25) is 0 Å². The Morgan fingerprint density at radius 1 is 1.24 bits per heavy atom. The average Bonchev–Trinajstić information content (AvgIpc) is 3.16. The third kappa shape index (κ3) is 4.29. The van der Waals surface area contributed by atoms with Gasteiger partial charge in [0.05, 0.1) is 6.54 Å². The molecule has 1 aromatic heterocycles. The highest BCUT2D eigenvalue weighted by Crippen LogP contribution is 2.34. The predicted octanol–water partition coefficient (Wildman–Crippen LogP) is 2.46. The summed E-state index contributed by atoms with van der Waals surface area (Å²) in [5.41, 5.74) is 2.47. The number of rotatable bonds is 4. The Balaban J connectivity index is 1.36. The number of pyridine rings is 1. The van der Waals surface area contributed by atoms with E-state index in [1.165, 1.54) is 0 Å². The van der Waals surface area contributed by atoms with E-state index in [1.807, 2.05) is 43.3 Å². The summed E-state index contributed by atoms with van der Waals surface area (Å²) in [6.07, 6.45) is 5.40. The van der Waals surface area contributed by atoms with Crippen molar-refractivity contribution in [3.8, 4) is 0 Å². The van der Waals surface area contributed by atoms with E-state index in [-0.39, 0.29) is 11.8 Å². The smallest absolute Gasteiger partial charge is 0.269 e. The fourth-order valence-corrected chi connectivity index (χ4v) is 3.80. The Kier molecular flexibility index (Phi) is 5.29. The Morgan fingerprint density at radius 2 is 2.07 bits per heavy atom. The molecule has 0 radical (unpaired) electrons. The SMILES string of the molecule is Cc1ccc(C(=O)N2CCC[C@@]3(CC(C(=O)NCc4cccnc4)=NO3)C2)cc1. The molecule has 7 nitrogen and oxygen atoms in total. The van der Waals surface area contributed by atoms with Crippen LogP contribution in [0.5, 0.6) is 0 Å². The zero-order valence-electron chi connectivity index (χ0n) is 16.4. The summed E-state index contributed by atoms with van der Waals surface area (Å²) in [5.74, 6) is -0.255. The molecular weight excluding hydrogens is 368 g/mol. The first-order valence-corrected chi connectivity index (χ1v) is 9.83. The van der Waals surface area contributed by atoms with E-state index < -0.39 is 5.60 Å². The van der Waals surface area contributed by atoms with Crippen LogP contribution in [-0.2, 0) is 16.2 Å². The van der Waals surface area contributed by atoms with Crippen LogP contribution < -0.4 is 5.32 Å². The lowest BCUT2D eigenvalue weighted by molar-refractivity contribution is -0.115. The van der Waals surface area contributed by atoms with E-state index in [4.69, 9.17) is 4.84 Å². The number of carbonyl (C=O) groups is 2. The zero-order chi connectivity index (χ0) is 20.3. The number of likely N-dealkylation sites (tertiary alicyclic amines) is 1. The number of hydrogen-bond donors (Lipinski definition) is 1. The molecule has 1 N–H and O–H groups in total. The minimum Gasteiger partial charge on any atom is -0.386 e. The number of amides is 2. The second kappa shape index (κ2) is 8.03. The summed E-state index contributed by atoms with van der Waals surface area (Å²) >= 11 is 0. The summed E-state index contributed by atoms with van der Waals surface area (Å²) < 4.78 is 0. The maximum absolute atomic E-state index is 12.9. The number of aromatic nitrogens is 1. The monoisotopic (exact) mass is 392 g/mol. The minimum atomic E-state index is -0.612. The summed E-state index contributed by atoms with van der Waals surface area (Å²) in [7, 11) is 0. The first-order valence-electron chi connectivity index (χ1n) is 9.83. The molecule has 1 aromatic carbocycles. The van der Waals surface area contributed by atoms with Gasteiger partial charge in [-0.05, 0) is 43.5 Å². The number of nitrogens with one attached hydrogen (secondary N) is 1. The Hall–Kier alpha value is -3.22. The molecule has 0 aliphatic carbocycles. The van der Waals surface area contributed by atoms with E-state index in [1.54, 1.807) is 17.3 Å². The Morgan fingerprint density at radius 3 is 2.83 bits per heavy atom. The first-order chi connectivity index (χ1) is 14.0. The molecule has 2 aromatic rings. The molecule has 29 heavy (non-hydrogen) atoms. The molecule has 3 heterocycles. The van der Waals surface area contributed by atoms with E-state index in [0.717, 1.165) is 24.0 Å². The van der Waals surface area contributed by atoms with Gasteiger partial charge in [0.15, 0.2) is 5.60 Å². The number of carbonyl (C=O) groups excluding carboxylic acids is 2. The molecule has 2 aliphatic rings. The van der Waals surface area contributed by atoms with Gasteiger partial charge in [-0.1, -0.05) is 28.9 Å². The normalized spacial score (nSPS) is 20.9. The van der Waals surface area contributed by atoms with Gasteiger partial charge in [-0.15, -0.1) is 0 Å². The van der Waals surface area contributed by atoms with E-state index in [2.05, 4.69) is 15.5 Å². The quantitative estimate of drug-likeness (QED) is 0.866. The van der Waals surface area contributed by atoms with Gasteiger partial charge in [-0.2, -0.15) is 0 Å². The van der Waals surface area contributed by atoms with Gasteiger partial charge < -0.3 is 15.1 Å². The lowest BCUT2D eigenvalue weighted by atomic mass is 9.87. The average molecular weight is 392 g/mol. The third-order valence-electron chi connectivity index (χ3n) is 5.40. The van der Waals surface area contributed by atoms with Crippen molar-refractivity contribution < 1.29 is 14.4 Å². The van der Waals surface area contributed by atoms with Gasteiger partial charge in [0.2, 0.25) is 0 Å². The molecule has 0 saturated carbocycles. The third-order valence-corrected chi connectivity index (χ3v) is 5.40. The highest BCUT2D eigenvalue weighted by molar-refractivity contribution is 6.39. The van der Waals surface area contributed by atoms with Crippen LogP contribution in [0.4, 0.5) is 0 Å². The highest BCUT2D eigenvalue weighted by atomic mass is 16.7. The maximum Gasteiger partial charge on any atom is 0.269 e. The molecular formula is C22H24N4O3. The second-order valence-electron chi connectivity index (χ2n) is 7.73. The number of aryl methyl sites for hydroxylation is 1. The highest BCUT2D eigenvalue weighted by Gasteiger charge is 2.45. The van der Waals surface area contributed by atoms with Crippen molar-refractivity contribution in [1.82, 2.24) is 15.2 Å². The molecule has 7 heteroatoms. The van der Waals surface area contributed by atoms with E-state index in [0.29, 0.717) is 37.3 Å². The van der Waals surface area contributed by atoms with Crippen LogP contribution in [0.1, 0.15) is 40.7 Å². The van der Waals surface area contributed by atoms with Gasteiger partial charge in [0.1, 0.15) is 5.71 Å². The van der Waals surface area contributed by atoms with Gasteiger partial charge in [0, 0.05) is 37.5 Å². The summed E-state index contributed by atoms with van der Waals surface area (Å²) in [6.45, 7) is 3.49. The molecule has 4 rings (SSSR count). The van der Waals surface area contributed by atoms with Gasteiger partial charge in [-0.25, -0.2) is 0 Å². The van der Waals surface area contributed by atoms with Crippen molar-refractivity contribution in [3.63, 3.8) is 0 Å². The van der Waals surface area contributed by atoms with E-state index in [9.17, 15) is 9.59 Å². The lowest BCUT2D eigenvalue weighted by Crippen LogP contribution is -2.51. The predicted molar refractivity (Wildman–Crippen MR) is 108 cm³/mol. The van der Waals surface area contributed by atoms with Crippen LogP contribution in [0.3, 0.4) is 0 Å². The fraction of sp³-hybridized carbons (Fsp3) is 0.364. The summed E-state index contributed by atoms with van der Waals surface area (Å²) in [6, 6.07) is 11.3. The molecule has 2 amide bonds. The zero-order valence-corrected chi connectivity index (χ0v) is 16.4. The molecule has 1 fully saturated rings. The standard InChI is InChI=1S/C22H24N4O3/c1-16-5-7-18(8-6-16)21(28)26-11-3-9-22(15-26)12-19(25-29-22)20(27)24-14-17-4-2-10-23-13-17/h2,4-8,10,13H,3,9,11-12,14-15H2,1H3,(H,24,27)/t22-/m1/s1. The second-order valence-corrected chi connectivity index (χ2v) is 7.73. The van der Waals surface area contributed by atoms with Crippen LogP contribution in [0.25, 0.3) is 0 Å². The number of benzene rings is 1. The van der Waals surface area contributed by atoms with Crippen molar-refractivity contribution in [2.45, 2.75) is 38.3 Å². The maximum atomic E-state index is 12.9. The lowest BCUT2D eigenvalue weighted by Gasteiger charge is -2.38.